The number of benzene rings is 2. The fraction of sp³-hybridized carbons (Fsp3) is 0.235. The minimum atomic E-state index is -0.183. The molecule has 7 rings (SSSR count). The Morgan fingerprint density at radius 3 is 2.54 bits per heavy atom. The van der Waals surface area contributed by atoms with Crippen molar-refractivity contribution in [3.05, 3.63) is 96.6 Å². The predicted molar refractivity (Wildman–Crippen MR) is 175 cm³/mol. The molecule has 0 radical (unpaired) electrons. The number of nitrogens with zero attached hydrogens (tertiary/aromatic N) is 7. The van der Waals surface area contributed by atoms with E-state index in [-0.39, 0.29) is 18.1 Å². The van der Waals surface area contributed by atoms with Crippen LogP contribution in [0.1, 0.15) is 36.8 Å². The Labute approximate surface area is 265 Å². The first-order valence-electron chi connectivity index (χ1n) is 15.2. The van der Waals surface area contributed by atoms with Gasteiger partial charge in [0, 0.05) is 55.3 Å². The van der Waals surface area contributed by atoms with Gasteiger partial charge in [-0.05, 0) is 55.5 Å². The Hall–Kier alpha value is -5.96. The van der Waals surface area contributed by atoms with Crippen molar-refractivity contribution in [2.45, 2.75) is 44.3 Å². The number of fused-ring (bicyclic) bond motifs is 2. The molecule has 12 nitrogen and oxygen atoms in total. The topological polar surface area (TPSA) is 150 Å². The SMILES string of the molecule is Cn1cc(-c2ccc(N(C(=O)NCc3ccccc3)C3CCC(Nc4ncc(C#N)c(Nc5cc6ccc5o6)n4)CC3)nc2)cn1. The summed E-state index contributed by atoms with van der Waals surface area (Å²) in [5.74, 6) is 1.46. The smallest absolute Gasteiger partial charge is 0.323 e. The number of amides is 2. The van der Waals surface area contributed by atoms with E-state index >= 15 is 0 Å². The third-order valence-corrected chi connectivity index (χ3v) is 8.27. The van der Waals surface area contributed by atoms with Gasteiger partial charge in [-0.15, -0.1) is 0 Å². The fourth-order valence-corrected chi connectivity index (χ4v) is 5.89. The third-order valence-electron chi connectivity index (χ3n) is 8.27. The van der Waals surface area contributed by atoms with Crippen LogP contribution >= 0.6 is 0 Å². The highest BCUT2D eigenvalue weighted by Gasteiger charge is 2.31. The zero-order valence-electron chi connectivity index (χ0n) is 25.2. The highest BCUT2D eigenvalue weighted by molar-refractivity contribution is 5.92. The van der Waals surface area contributed by atoms with Gasteiger partial charge in [-0.1, -0.05) is 30.3 Å². The number of nitrogens with one attached hydrogen (secondary N) is 3. The molecular weight excluding hydrogens is 580 g/mol. The molecule has 0 saturated heterocycles. The summed E-state index contributed by atoms with van der Waals surface area (Å²) in [6.45, 7) is 0.422. The number of urea groups is 1. The number of pyridine rings is 1. The predicted octanol–water partition coefficient (Wildman–Crippen LogP) is 6.21. The van der Waals surface area contributed by atoms with Crippen molar-refractivity contribution in [1.29, 1.82) is 5.26 Å². The third kappa shape index (κ3) is 6.16. The van der Waals surface area contributed by atoms with Crippen LogP contribution in [0.25, 0.3) is 22.3 Å². The molecule has 230 valence electrons. The summed E-state index contributed by atoms with van der Waals surface area (Å²) in [7, 11) is 1.88. The Morgan fingerprint density at radius 1 is 1.02 bits per heavy atom. The first-order valence-corrected chi connectivity index (χ1v) is 15.2. The molecule has 46 heavy (non-hydrogen) atoms. The molecule has 5 aromatic heterocycles. The summed E-state index contributed by atoms with van der Waals surface area (Å²) >= 11 is 0. The molecule has 1 aliphatic carbocycles. The van der Waals surface area contributed by atoms with E-state index in [2.05, 4.69) is 37.1 Å². The second-order valence-corrected chi connectivity index (χ2v) is 11.4. The number of carbonyl (C=O) groups is 1. The van der Waals surface area contributed by atoms with Gasteiger partial charge in [-0.2, -0.15) is 15.3 Å². The molecule has 5 heterocycles. The van der Waals surface area contributed by atoms with E-state index in [1.807, 2.05) is 73.9 Å². The van der Waals surface area contributed by atoms with Crippen LogP contribution in [0.5, 0.6) is 0 Å². The van der Waals surface area contributed by atoms with Crippen LogP contribution in [-0.4, -0.2) is 42.8 Å². The molecule has 0 atom stereocenters. The zero-order valence-corrected chi connectivity index (χ0v) is 25.2. The first kappa shape index (κ1) is 28.8. The average Bonchev–Trinajstić information content (AvgIpc) is 3.84. The summed E-state index contributed by atoms with van der Waals surface area (Å²) in [6, 6.07) is 21.4. The molecule has 0 unspecified atom stereocenters. The van der Waals surface area contributed by atoms with Gasteiger partial charge in [-0.25, -0.2) is 14.8 Å². The van der Waals surface area contributed by atoms with Crippen molar-refractivity contribution in [2.24, 2.45) is 7.05 Å². The number of furan rings is 2. The number of hydrogen-bond donors (Lipinski definition) is 3. The molecule has 6 aromatic rings. The number of aryl methyl sites for hydroxylation is 1. The molecule has 1 aromatic carbocycles. The lowest BCUT2D eigenvalue weighted by Gasteiger charge is -2.36. The second kappa shape index (κ2) is 12.6. The standard InChI is InChI=1S/C34H32N10O2/c1-43-21-25(20-39-43)23-7-14-31(36-18-23)44(34(45)38-17-22-5-3-2-4-6-22)27-10-8-26(9-11-27)40-33-37-19-24(16-35)32(42-33)41-29-15-28-12-13-30(29)46-28/h2-7,12-15,18-21,26-27H,8-11,17H2,1H3,(H,38,45)(H2,37,40,41,42). The number of nitriles is 1. The van der Waals surface area contributed by atoms with E-state index in [0.29, 0.717) is 35.3 Å². The zero-order chi connectivity index (χ0) is 31.5. The van der Waals surface area contributed by atoms with Gasteiger partial charge in [0.15, 0.2) is 11.4 Å². The van der Waals surface area contributed by atoms with Crippen molar-refractivity contribution >= 4 is 40.5 Å². The summed E-state index contributed by atoms with van der Waals surface area (Å²) in [5.41, 5.74) is 5.47. The van der Waals surface area contributed by atoms with Crippen LogP contribution in [0.4, 0.5) is 28.1 Å². The van der Waals surface area contributed by atoms with Crippen LogP contribution in [0.2, 0.25) is 0 Å². The van der Waals surface area contributed by atoms with Crippen LogP contribution < -0.4 is 20.9 Å². The van der Waals surface area contributed by atoms with E-state index in [9.17, 15) is 10.1 Å². The number of carbonyl (C=O) groups excluding carboxylic acids is 1. The normalized spacial score (nSPS) is 16.2. The molecule has 0 spiro atoms. The Balaban J connectivity index is 1.04. The lowest BCUT2D eigenvalue weighted by molar-refractivity contribution is 0.240. The fourth-order valence-electron chi connectivity index (χ4n) is 5.89. The maximum atomic E-state index is 13.7. The largest absolute Gasteiger partial charge is 0.455 e. The minimum Gasteiger partial charge on any atom is -0.455 e. The Kier molecular flexibility index (Phi) is 7.87. The molecule has 1 aliphatic rings. The van der Waals surface area contributed by atoms with Crippen LogP contribution in [0, 0.1) is 11.3 Å². The molecule has 3 N–H and O–H groups in total. The molecule has 1 fully saturated rings. The molecular formula is C34H32N10O2. The monoisotopic (exact) mass is 612 g/mol. The highest BCUT2D eigenvalue weighted by Crippen LogP contribution is 2.32. The van der Waals surface area contributed by atoms with Crippen molar-refractivity contribution in [1.82, 2.24) is 30.0 Å². The van der Waals surface area contributed by atoms with Crippen molar-refractivity contribution < 1.29 is 9.21 Å². The summed E-state index contributed by atoms with van der Waals surface area (Å²) in [6.07, 6.45) is 10.2. The van der Waals surface area contributed by atoms with Crippen molar-refractivity contribution in [3.8, 4) is 17.2 Å². The Morgan fingerprint density at radius 2 is 1.87 bits per heavy atom. The number of aromatic nitrogens is 5. The molecule has 12 heteroatoms. The van der Waals surface area contributed by atoms with Gasteiger partial charge < -0.3 is 20.4 Å². The van der Waals surface area contributed by atoms with Crippen molar-refractivity contribution in [3.63, 3.8) is 0 Å². The lowest BCUT2D eigenvalue weighted by Crippen LogP contribution is -2.49. The number of anilines is 4. The van der Waals surface area contributed by atoms with E-state index < -0.39 is 0 Å². The van der Waals surface area contributed by atoms with Crippen LogP contribution in [-0.2, 0) is 13.6 Å². The highest BCUT2D eigenvalue weighted by atomic mass is 16.3. The van der Waals surface area contributed by atoms with E-state index in [1.165, 1.54) is 6.20 Å². The van der Waals surface area contributed by atoms with Gasteiger partial charge >= 0.3 is 6.03 Å². The van der Waals surface area contributed by atoms with Crippen LogP contribution in [0.3, 0.4) is 0 Å². The van der Waals surface area contributed by atoms with Crippen LogP contribution in [0.15, 0.2) is 89.9 Å². The summed E-state index contributed by atoms with van der Waals surface area (Å²) in [5, 5.41) is 23.6. The first-order chi connectivity index (χ1) is 22.5. The average molecular weight is 613 g/mol. The maximum absolute atomic E-state index is 13.7. The number of hydrogen-bond acceptors (Lipinski definition) is 9. The molecule has 1 saturated carbocycles. The lowest BCUT2D eigenvalue weighted by atomic mass is 9.90. The van der Waals surface area contributed by atoms with E-state index in [0.717, 1.165) is 53.6 Å². The maximum Gasteiger partial charge on any atom is 0.323 e. The van der Waals surface area contributed by atoms with E-state index in [1.54, 1.807) is 22.0 Å². The minimum absolute atomic E-state index is 0.0445. The van der Waals surface area contributed by atoms with Gasteiger partial charge in [-0.3, -0.25) is 9.58 Å². The summed E-state index contributed by atoms with van der Waals surface area (Å²) in [4.78, 5) is 29.2. The van der Waals surface area contributed by atoms with Gasteiger partial charge in [0.25, 0.3) is 0 Å². The molecule has 2 amide bonds. The molecule has 2 bridgehead atoms. The van der Waals surface area contributed by atoms with Gasteiger partial charge in [0.2, 0.25) is 5.95 Å². The second-order valence-electron chi connectivity index (χ2n) is 11.4. The van der Waals surface area contributed by atoms with Crippen molar-refractivity contribution in [2.75, 3.05) is 15.5 Å². The Bertz CT molecular complexity index is 1970. The van der Waals surface area contributed by atoms with E-state index in [4.69, 9.17) is 9.40 Å². The van der Waals surface area contributed by atoms with Gasteiger partial charge in [0.1, 0.15) is 23.0 Å². The summed E-state index contributed by atoms with van der Waals surface area (Å²) < 4.78 is 7.36. The number of rotatable bonds is 9. The van der Waals surface area contributed by atoms with Gasteiger partial charge in [0.05, 0.1) is 18.1 Å². The molecule has 0 aliphatic heterocycles. The quantitative estimate of drug-likeness (QED) is 0.173.